The average molecular weight is 320 g/mol. The molecule has 0 atom stereocenters. The number of ketones is 1. The number of hydrogen-bond donors (Lipinski definition) is 2. The highest BCUT2D eigenvalue weighted by molar-refractivity contribution is 6.07. The lowest BCUT2D eigenvalue weighted by molar-refractivity contribution is -0.112. The quantitative estimate of drug-likeness (QED) is 0.501. The summed E-state index contributed by atoms with van der Waals surface area (Å²) in [6, 6.07) is 12.0. The summed E-state index contributed by atoms with van der Waals surface area (Å²) in [5, 5.41) is 14.6. The van der Waals surface area contributed by atoms with E-state index in [1.165, 1.54) is 13.1 Å². The molecule has 0 aliphatic rings. The lowest BCUT2D eigenvalue weighted by Gasteiger charge is -2.07. The minimum Gasteiger partial charge on any atom is -0.345 e. The van der Waals surface area contributed by atoms with Crippen molar-refractivity contribution in [2.45, 2.75) is 13.8 Å². The second-order valence-electron chi connectivity index (χ2n) is 5.07. The van der Waals surface area contributed by atoms with Crippen molar-refractivity contribution < 1.29 is 9.59 Å². The third-order valence-corrected chi connectivity index (χ3v) is 3.25. The van der Waals surface area contributed by atoms with E-state index in [9.17, 15) is 14.9 Å². The van der Waals surface area contributed by atoms with Gasteiger partial charge in [0.1, 0.15) is 17.5 Å². The van der Waals surface area contributed by atoms with Gasteiger partial charge in [0.15, 0.2) is 5.78 Å². The number of hydrogen-bond acceptors (Lipinski definition) is 5. The largest absolute Gasteiger partial charge is 0.345 e. The van der Waals surface area contributed by atoms with E-state index in [1.807, 2.05) is 19.1 Å². The zero-order valence-electron chi connectivity index (χ0n) is 13.3. The molecule has 0 saturated heterocycles. The van der Waals surface area contributed by atoms with Gasteiger partial charge in [0.2, 0.25) is 0 Å². The van der Waals surface area contributed by atoms with Gasteiger partial charge in [-0.2, -0.15) is 5.26 Å². The van der Waals surface area contributed by atoms with Crippen LogP contribution in [0.3, 0.4) is 0 Å². The fraction of sp³-hybridized carbons (Fsp3) is 0.111. The molecule has 6 nitrogen and oxygen atoms in total. The van der Waals surface area contributed by atoms with Crippen LogP contribution in [-0.2, 0) is 4.79 Å². The average Bonchev–Trinajstić information content (AvgIpc) is 2.57. The fourth-order valence-corrected chi connectivity index (χ4v) is 1.94. The van der Waals surface area contributed by atoms with E-state index in [0.29, 0.717) is 17.1 Å². The lowest BCUT2D eigenvalue weighted by Crippen LogP contribution is -2.15. The topological polar surface area (TPSA) is 94.9 Å². The molecule has 0 radical (unpaired) electrons. The van der Waals surface area contributed by atoms with E-state index in [1.54, 1.807) is 36.5 Å². The first-order chi connectivity index (χ1) is 11.5. The predicted octanol–water partition coefficient (Wildman–Crippen LogP) is 3.05. The number of Topliss-reactive ketones (excluding diaryl/α,β-unsaturated/α-hetero) is 1. The lowest BCUT2D eigenvalue weighted by atomic mass is 10.1. The Balaban J connectivity index is 2.13. The highest BCUT2D eigenvalue weighted by Gasteiger charge is 2.10. The standard InChI is InChI=1S/C18H16N4O2/c1-12-5-4-8-20-17(12)21-11-15(10-19)18(24)22-16-7-3-6-14(9-16)13(2)23/h3-9,11H,1-2H3,(H,20,21)(H,22,24)/b15-11-. The van der Waals surface area contributed by atoms with E-state index >= 15 is 0 Å². The second kappa shape index (κ2) is 7.70. The SMILES string of the molecule is CC(=O)c1cccc(NC(=O)/C(C#N)=C\Nc2ncccc2C)c1. The molecular weight excluding hydrogens is 304 g/mol. The normalized spacial score (nSPS) is 10.6. The van der Waals surface area contributed by atoms with Crippen LogP contribution in [0.2, 0.25) is 0 Å². The van der Waals surface area contributed by atoms with Crippen molar-refractivity contribution in [1.29, 1.82) is 5.26 Å². The first-order valence-corrected chi connectivity index (χ1v) is 7.22. The van der Waals surface area contributed by atoms with Gasteiger partial charge in [0.25, 0.3) is 5.91 Å². The van der Waals surface area contributed by atoms with Crippen molar-refractivity contribution in [2.24, 2.45) is 0 Å². The van der Waals surface area contributed by atoms with Crippen LogP contribution in [0.4, 0.5) is 11.5 Å². The Morgan fingerprint density at radius 2 is 2.04 bits per heavy atom. The molecule has 0 aliphatic heterocycles. The summed E-state index contributed by atoms with van der Waals surface area (Å²) in [6.45, 7) is 3.31. The van der Waals surface area contributed by atoms with Crippen LogP contribution in [0.25, 0.3) is 0 Å². The molecule has 24 heavy (non-hydrogen) atoms. The molecule has 0 saturated carbocycles. The van der Waals surface area contributed by atoms with Gasteiger partial charge in [0.05, 0.1) is 0 Å². The summed E-state index contributed by atoms with van der Waals surface area (Å²) in [4.78, 5) is 27.7. The summed E-state index contributed by atoms with van der Waals surface area (Å²) in [7, 11) is 0. The van der Waals surface area contributed by atoms with Gasteiger partial charge in [-0.25, -0.2) is 4.98 Å². The Kier molecular flexibility index (Phi) is 5.42. The molecule has 0 aliphatic carbocycles. The van der Waals surface area contributed by atoms with Crippen LogP contribution in [0.15, 0.2) is 54.4 Å². The van der Waals surface area contributed by atoms with Crippen molar-refractivity contribution in [2.75, 3.05) is 10.6 Å². The number of aromatic nitrogens is 1. The highest BCUT2D eigenvalue weighted by atomic mass is 16.1. The highest BCUT2D eigenvalue weighted by Crippen LogP contribution is 2.13. The van der Waals surface area contributed by atoms with E-state index in [2.05, 4.69) is 15.6 Å². The van der Waals surface area contributed by atoms with Gasteiger partial charge in [-0.15, -0.1) is 0 Å². The van der Waals surface area contributed by atoms with Crippen molar-refractivity contribution >= 4 is 23.2 Å². The molecule has 2 N–H and O–H groups in total. The molecule has 2 rings (SSSR count). The van der Waals surface area contributed by atoms with E-state index in [-0.39, 0.29) is 11.4 Å². The van der Waals surface area contributed by atoms with Crippen LogP contribution in [0.1, 0.15) is 22.8 Å². The summed E-state index contributed by atoms with van der Waals surface area (Å²) in [5.74, 6) is -0.106. The van der Waals surface area contributed by atoms with Crippen LogP contribution in [0, 0.1) is 18.3 Å². The molecule has 1 aromatic heterocycles. The minimum absolute atomic E-state index is 0.102. The maximum Gasteiger partial charge on any atom is 0.267 e. The van der Waals surface area contributed by atoms with Crippen LogP contribution < -0.4 is 10.6 Å². The first-order valence-electron chi connectivity index (χ1n) is 7.22. The summed E-state index contributed by atoms with van der Waals surface area (Å²) >= 11 is 0. The predicted molar refractivity (Wildman–Crippen MR) is 91.4 cm³/mol. The van der Waals surface area contributed by atoms with Crippen molar-refractivity contribution in [3.63, 3.8) is 0 Å². The molecular formula is C18H16N4O2. The number of rotatable bonds is 5. The number of pyridine rings is 1. The Bertz CT molecular complexity index is 850. The number of nitriles is 1. The fourth-order valence-electron chi connectivity index (χ4n) is 1.94. The number of aryl methyl sites for hydroxylation is 1. The second-order valence-corrected chi connectivity index (χ2v) is 5.07. The third kappa shape index (κ3) is 4.27. The van der Waals surface area contributed by atoms with Crippen molar-refractivity contribution in [1.82, 2.24) is 4.98 Å². The van der Waals surface area contributed by atoms with Gasteiger partial charge in [-0.1, -0.05) is 18.2 Å². The van der Waals surface area contributed by atoms with Gasteiger partial charge in [-0.3, -0.25) is 9.59 Å². The Hall–Kier alpha value is -3.46. The Morgan fingerprint density at radius 3 is 2.71 bits per heavy atom. The molecule has 120 valence electrons. The molecule has 1 amide bonds. The zero-order chi connectivity index (χ0) is 17.5. The van der Waals surface area contributed by atoms with Gasteiger partial charge in [0, 0.05) is 23.6 Å². The number of nitrogens with zero attached hydrogens (tertiary/aromatic N) is 2. The summed E-state index contributed by atoms with van der Waals surface area (Å²) in [6.07, 6.45) is 2.92. The maximum atomic E-state index is 12.2. The molecule has 1 aromatic carbocycles. The number of carbonyl (C=O) groups excluding carboxylic acids is 2. The third-order valence-electron chi connectivity index (χ3n) is 3.25. The van der Waals surface area contributed by atoms with Crippen molar-refractivity contribution in [3.05, 3.63) is 65.5 Å². The molecule has 0 fully saturated rings. The van der Waals surface area contributed by atoms with E-state index in [4.69, 9.17) is 0 Å². The Labute approximate surface area is 139 Å². The number of nitrogens with one attached hydrogen (secondary N) is 2. The monoisotopic (exact) mass is 320 g/mol. The van der Waals surface area contributed by atoms with Gasteiger partial charge in [-0.05, 0) is 37.6 Å². The number of amides is 1. The van der Waals surface area contributed by atoms with Crippen molar-refractivity contribution in [3.8, 4) is 6.07 Å². The molecule has 0 bridgehead atoms. The molecule has 0 spiro atoms. The smallest absolute Gasteiger partial charge is 0.267 e. The Morgan fingerprint density at radius 1 is 1.25 bits per heavy atom. The van der Waals surface area contributed by atoms with Crippen LogP contribution in [0.5, 0.6) is 0 Å². The molecule has 2 aromatic rings. The zero-order valence-corrected chi connectivity index (χ0v) is 13.3. The first kappa shape index (κ1) is 16.9. The minimum atomic E-state index is -0.570. The van der Waals surface area contributed by atoms with Gasteiger partial charge >= 0.3 is 0 Å². The molecule has 6 heteroatoms. The van der Waals surface area contributed by atoms with Crippen LogP contribution in [-0.4, -0.2) is 16.7 Å². The number of anilines is 2. The van der Waals surface area contributed by atoms with Crippen LogP contribution >= 0.6 is 0 Å². The van der Waals surface area contributed by atoms with E-state index in [0.717, 1.165) is 5.56 Å². The number of carbonyl (C=O) groups is 2. The molecule has 1 heterocycles. The van der Waals surface area contributed by atoms with E-state index < -0.39 is 5.91 Å². The van der Waals surface area contributed by atoms with Gasteiger partial charge < -0.3 is 10.6 Å². The maximum absolute atomic E-state index is 12.2. The molecule has 0 unspecified atom stereocenters. The number of benzene rings is 1. The summed E-state index contributed by atoms with van der Waals surface area (Å²) in [5.41, 5.74) is 1.72. The summed E-state index contributed by atoms with van der Waals surface area (Å²) < 4.78 is 0.